The maximum atomic E-state index is 14.0. The second-order valence-electron chi connectivity index (χ2n) is 10.4. The molecule has 0 saturated carbocycles. The van der Waals surface area contributed by atoms with Crippen LogP contribution in [0.15, 0.2) is 12.7 Å². The molecule has 0 aliphatic heterocycles. The van der Waals surface area contributed by atoms with Gasteiger partial charge in [0.1, 0.15) is 35.9 Å². The van der Waals surface area contributed by atoms with Crippen molar-refractivity contribution in [3.05, 3.63) is 12.7 Å². The summed E-state index contributed by atoms with van der Waals surface area (Å²) in [6.45, 7) is 14.3. The van der Waals surface area contributed by atoms with E-state index in [9.17, 15) is 14.2 Å². The minimum Gasteiger partial charge on any atom is -0.462 e. The third-order valence-electron chi connectivity index (χ3n) is 5.36. The van der Waals surface area contributed by atoms with Gasteiger partial charge in [-0.25, -0.2) is 25.1 Å². The summed E-state index contributed by atoms with van der Waals surface area (Å²) < 4.78 is 32.5. The number of aromatic nitrogens is 4. The van der Waals surface area contributed by atoms with E-state index in [-0.39, 0.29) is 18.3 Å². The van der Waals surface area contributed by atoms with Crippen molar-refractivity contribution in [2.75, 3.05) is 12.1 Å². The van der Waals surface area contributed by atoms with Crippen LogP contribution in [0.2, 0.25) is 0 Å². The Balaban J connectivity index is 2.13. The van der Waals surface area contributed by atoms with Crippen molar-refractivity contribution in [2.45, 2.75) is 105 Å². The molecule has 0 aliphatic carbocycles. The van der Waals surface area contributed by atoms with Crippen molar-refractivity contribution in [1.82, 2.24) is 29.7 Å². The molecule has 38 heavy (non-hydrogen) atoms. The zero-order valence-electron chi connectivity index (χ0n) is 23.6. The molecule has 0 radical (unpaired) electrons. The summed E-state index contributed by atoms with van der Waals surface area (Å²) >= 11 is 0. The van der Waals surface area contributed by atoms with Crippen LogP contribution < -0.4 is 15.9 Å². The van der Waals surface area contributed by atoms with Crippen LogP contribution in [0.3, 0.4) is 0 Å². The number of hydrogen-bond donors (Lipinski definition) is 3. The lowest BCUT2D eigenvalue weighted by atomic mass is 10.2. The summed E-state index contributed by atoms with van der Waals surface area (Å²) in [7, 11) is -3.66. The van der Waals surface area contributed by atoms with Gasteiger partial charge in [0.2, 0.25) is 7.44 Å². The van der Waals surface area contributed by atoms with E-state index in [0.29, 0.717) is 24.1 Å². The van der Waals surface area contributed by atoms with E-state index >= 15 is 0 Å². The van der Waals surface area contributed by atoms with E-state index in [2.05, 4.69) is 25.1 Å². The lowest BCUT2D eigenvalue weighted by molar-refractivity contribution is -0.156. The molecule has 4 N–H and O–H groups in total. The van der Waals surface area contributed by atoms with Gasteiger partial charge in [-0.3, -0.25) is 14.2 Å². The molecule has 2 unspecified atom stereocenters. The number of anilines is 1. The van der Waals surface area contributed by atoms with E-state index in [1.54, 1.807) is 59.4 Å². The first-order valence-electron chi connectivity index (χ1n) is 12.7. The number of rotatable bonds is 14. The molecular weight excluding hydrogens is 513 g/mol. The minimum atomic E-state index is -3.66. The van der Waals surface area contributed by atoms with Gasteiger partial charge in [0.05, 0.1) is 25.1 Å². The average molecular weight is 556 g/mol. The Kier molecular flexibility index (Phi) is 11.2. The fourth-order valence-corrected chi connectivity index (χ4v) is 5.74. The molecule has 14 heteroatoms. The first kappa shape index (κ1) is 31.6. The van der Waals surface area contributed by atoms with Crippen molar-refractivity contribution in [2.24, 2.45) is 0 Å². The Hall–Kier alpha value is -2.60. The molecule has 2 aromatic heterocycles. The Morgan fingerprint density at radius 3 is 2.29 bits per heavy atom. The van der Waals surface area contributed by atoms with Crippen LogP contribution in [-0.2, 0) is 34.9 Å². The molecule has 0 fully saturated rings. The molecule has 2 aromatic rings. The molecule has 2 rings (SSSR count). The van der Waals surface area contributed by atoms with Gasteiger partial charge in [0.15, 0.2) is 11.5 Å². The van der Waals surface area contributed by atoms with E-state index in [1.165, 1.54) is 6.33 Å². The number of nitrogens with two attached hydrogens (primary N) is 1. The SMILES string of the molecule is CCCC(C)OC(=O)[C@@H](C)NP(=O)(CO[C@H](C)Cn1cnc2c(N)ncnc21)N[C@@H](C)C(=O)OC(C)(C)C. The van der Waals surface area contributed by atoms with Crippen LogP contribution in [-0.4, -0.2) is 67.7 Å². The van der Waals surface area contributed by atoms with Crippen LogP contribution in [0.4, 0.5) is 5.82 Å². The Morgan fingerprint density at radius 1 is 1.05 bits per heavy atom. The zero-order valence-corrected chi connectivity index (χ0v) is 24.4. The number of carbonyl (C=O) groups excluding carboxylic acids is 2. The molecule has 214 valence electrons. The van der Waals surface area contributed by atoms with Crippen LogP contribution in [0.1, 0.15) is 68.2 Å². The van der Waals surface area contributed by atoms with Gasteiger partial charge in [0.25, 0.3) is 0 Å². The van der Waals surface area contributed by atoms with Crippen molar-refractivity contribution in [3.63, 3.8) is 0 Å². The standard InChI is InChI=1S/C24H42N7O6P/c1-9-10-15(2)36-22(32)17(4)29-38(34,30-18(5)23(33)37-24(6,7)8)14-35-16(3)11-31-13-28-19-20(25)26-12-27-21(19)31/h12-13,15-18H,9-11,14H2,1-8H3,(H2,25,26,27)(H2,29,30,34)/t15?,16-,17-,18+,38?/m1/s1. The summed E-state index contributed by atoms with van der Waals surface area (Å²) in [4.78, 5) is 37.6. The van der Waals surface area contributed by atoms with Crippen molar-refractivity contribution in [1.29, 1.82) is 0 Å². The molecular formula is C24H42N7O6P. The quantitative estimate of drug-likeness (QED) is 0.230. The third kappa shape index (κ3) is 9.61. The van der Waals surface area contributed by atoms with Gasteiger partial charge >= 0.3 is 11.9 Å². The molecule has 0 aromatic carbocycles. The fourth-order valence-electron chi connectivity index (χ4n) is 3.59. The van der Waals surface area contributed by atoms with E-state index in [4.69, 9.17) is 19.9 Å². The molecule has 0 bridgehead atoms. The number of nitrogens with zero attached hydrogens (tertiary/aromatic N) is 4. The van der Waals surface area contributed by atoms with Gasteiger partial charge in [-0.15, -0.1) is 0 Å². The zero-order chi connectivity index (χ0) is 28.7. The summed E-state index contributed by atoms with van der Waals surface area (Å²) in [5.74, 6) is -0.861. The Labute approximate surface area is 224 Å². The second kappa shape index (κ2) is 13.5. The molecule has 5 atom stereocenters. The largest absolute Gasteiger partial charge is 0.462 e. The number of carbonyl (C=O) groups is 2. The number of imidazole rings is 1. The first-order chi connectivity index (χ1) is 17.6. The Morgan fingerprint density at radius 2 is 1.68 bits per heavy atom. The lowest BCUT2D eigenvalue weighted by Crippen LogP contribution is -2.44. The highest BCUT2D eigenvalue weighted by molar-refractivity contribution is 7.59. The van der Waals surface area contributed by atoms with Gasteiger partial charge in [-0.2, -0.15) is 0 Å². The number of nitrogens with one attached hydrogen (secondary N) is 2. The highest BCUT2D eigenvalue weighted by Crippen LogP contribution is 2.38. The molecule has 2 heterocycles. The molecule has 0 aliphatic rings. The Bertz CT molecular complexity index is 1140. The number of nitrogen functional groups attached to an aromatic ring is 1. The van der Waals surface area contributed by atoms with Gasteiger partial charge in [-0.1, -0.05) is 13.3 Å². The van der Waals surface area contributed by atoms with E-state index < -0.39 is 43.2 Å². The van der Waals surface area contributed by atoms with E-state index in [0.717, 1.165) is 6.42 Å². The molecule has 0 amide bonds. The summed E-state index contributed by atoms with van der Waals surface area (Å²) in [5, 5.41) is 5.63. The fraction of sp³-hybridized carbons (Fsp3) is 0.708. The molecule has 13 nitrogen and oxygen atoms in total. The van der Waals surface area contributed by atoms with Crippen LogP contribution in [0.25, 0.3) is 11.2 Å². The van der Waals surface area contributed by atoms with Gasteiger partial charge in [-0.05, 0) is 54.9 Å². The number of esters is 2. The maximum absolute atomic E-state index is 14.0. The first-order valence-corrected chi connectivity index (χ1v) is 14.6. The third-order valence-corrected chi connectivity index (χ3v) is 7.48. The minimum absolute atomic E-state index is 0.269. The predicted octanol–water partition coefficient (Wildman–Crippen LogP) is 2.99. The number of fused-ring (bicyclic) bond motifs is 1. The molecule has 0 spiro atoms. The highest BCUT2D eigenvalue weighted by Gasteiger charge is 2.34. The van der Waals surface area contributed by atoms with Gasteiger partial charge in [0, 0.05) is 0 Å². The van der Waals surface area contributed by atoms with Crippen molar-refractivity contribution < 1.29 is 28.4 Å². The average Bonchev–Trinajstić information content (AvgIpc) is 3.20. The monoisotopic (exact) mass is 555 g/mol. The topological polar surface area (TPSA) is 173 Å². The summed E-state index contributed by atoms with van der Waals surface area (Å²) in [5.41, 5.74) is 6.16. The smallest absolute Gasteiger partial charge is 0.323 e. The number of ether oxygens (including phenoxy) is 3. The van der Waals surface area contributed by atoms with Crippen LogP contribution in [0, 0.1) is 0 Å². The van der Waals surface area contributed by atoms with Crippen LogP contribution in [0.5, 0.6) is 0 Å². The van der Waals surface area contributed by atoms with Crippen molar-refractivity contribution in [3.8, 4) is 0 Å². The molecule has 0 saturated heterocycles. The maximum Gasteiger partial charge on any atom is 0.323 e. The highest BCUT2D eigenvalue weighted by atomic mass is 31.2. The summed E-state index contributed by atoms with van der Waals surface area (Å²) in [6, 6.07) is -1.86. The second-order valence-corrected chi connectivity index (χ2v) is 12.7. The van der Waals surface area contributed by atoms with Crippen molar-refractivity contribution >= 4 is 36.4 Å². The predicted molar refractivity (Wildman–Crippen MR) is 144 cm³/mol. The van der Waals surface area contributed by atoms with Gasteiger partial charge < -0.3 is 24.5 Å². The van der Waals surface area contributed by atoms with Crippen LogP contribution >= 0.6 is 7.44 Å². The van der Waals surface area contributed by atoms with E-state index in [1.807, 2.05) is 6.92 Å². The summed E-state index contributed by atoms with van der Waals surface area (Å²) in [6.07, 6.45) is 3.47. The number of hydrogen-bond acceptors (Lipinski definition) is 10. The lowest BCUT2D eigenvalue weighted by Gasteiger charge is -2.29. The normalized spacial score (nSPS) is 16.8.